The van der Waals surface area contributed by atoms with Gasteiger partial charge in [0.15, 0.2) is 5.16 Å². The Balaban J connectivity index is 1.47. The highest BCUT2D eigenvalue weighted by Gasteiger charge is 2.16. The van der Waals surface area contributed by atoms with Crippen molar-refractivity contribution in [3.8, 4) is 11.1 Å². The molecule has 0 saturated heterocycles. The van der Waals surface area contributed by atoms with Gasteiger partial charge in [0.05, 0.1) is 5.39 Å². The number of hydrogen-bond donors (Lipinski definition) is 1. The molecule has 30 heavy (non-hydrogen) atoms. The minimum Gasteiger partial charge on any atom is -0.301 e. The van der Waals surface area contributed by atoms with Gasteiger partial charge in [-0.1, -0.05) is 59.2 Å². The molecule has 2 aromatic heterocycles. The predicted molar refractivity (Wildman–Crippen MR) is 128 cm³/mol. The smallest absolute Gasteiger partial charge is 0.260 e. The Bertz CT molecular complexity index is 1290. The van der Waals surface area contributed by atoms with Crippen LogP contribution in [-0.2, 0) is 18.6 Å². The molecule has 1 aliphatic carbocycles. The van der Waals surface area contributed by atoms with Crippen molar-refractivity contribution in [3.63, 3.8) is 0 Å². The summed E-state index contributed by atoms with van der Waals surface area (Å²) in [6.07, 6.45) is 4.76. The lowest BCUT2D eigenvalue weighted by Crippen LogP contribution is -2.09. The van der Waals surface area contributed by atoms with Crippen LogP contribution < -0.4 is 5.56 Å². The summed E-state index contributed by atoms with van der Waals surface area (Å²) >= 11 is 15.4. The van der Waals surface area contributed by atoms with E-state index in [1.165, 1.54) is 47.1 Å². The molecule has 1 aliphatic rings. The van der Waals surface area contributed by atoms with Gasteiger partial charge in [-0.3, -0.25) is 4.79 Å². The number of rotatable bonds is 4. The molecule has 0 saturated carbocycles. The third kappa shape index (κ3) is 3.80. The van der Waals surface area contributed by atoms with Crippen LogP contribution in [0, 0.1) is 0 Å². The number of benzene rings is 2. The van der Waals surface area contributed by atoms with Crippen LogP contribution in [0.1, 0.15) is 29.5 Å². The average Bonchev–Trinajstić information content (AvgIpc) is 3.18. The summed E-state index contributed by atoms with van der Waals surface area (Å²) in [5.74, 6) is 0.538. The molecule has 3 nitrogen and oxygen atoms in total. The number of thioether (sulfide) groups is 1. The molecule has 5 rings (SSSR count). The Kier molecular flexibility index (Phi) is 5.63. The van der Waals surface area contributed by atoms with Crippen molar-refractivity contribution < 1.29 is 0 Å². The van der Waals surface area contributed by atoms with Gasteiger partial charge in [0.2, 0.25) is 0 Å². The van der Waals surface area contributed by atoms with Crippen molar-refractivity contribution in [1.82, 2.24) is 9.97 Å². The first-order valence-corrected chi connectivity index (χ1v) is 12.4. The standard InChI is InChI=1S/C23H18Cl2N2OS2/c24-18-6-3-7-19(25)17(18)12-30-23-26-21(28)20-16(11-29-22(20)27-23)15-9-8-13-4-1-2-5-14(13)10-15/h3,6-11H,1-2,4-5,12H2,(H,26,27,28). The lowest BCUT2D eigenvalue weighted by atomic mass is 9.89. The number of hydrogen-bond acceptors (Lipinski definition) is 4. The van der Waals surface area contributed by atoms with Crippen LogP contribution in [0.5, 0.6) is 0 Å². The van der Waals surface area contributed by atoms with Crippen LogP contribution in [0.2, 0.25) is 10.0 Å². The molecule has 2 aromatic carbocycles. The van der Waals surface area contributed by atoms with E-state index in [0.29, 0.717) is 26.3 Å². The summed E-state index contributed by atoms with van der Waals surface area (Å²) < 4.78 is 0. The van der Waals surface area contributed by atoms with Crippen molar-refractivity contribution in [1.29, 1.82) is 0 Å². The first-order valence-electron chi connectivity index (χ1n) is 9.79. The molecule has 2 heterocycles. The van der Waals surface area contributed by atoms with Gasteiger partial charge in [0, 0.05) is 26.7 Å². The molecule has 0 unspecified atom stereocenters. The maximum Gasteiger partial charge on any atom is 0.260 e. The van der Waals surface area contributed by atoms with Crippen LogP contribution in [0.15, 0.2) is 51.7 Å². The van der Waals surface area contributed by atoms with Gasteiger partial charge in [0.25, 0.3) is 5.56 Å². The fourth-order valence-electron chi connectivity index (χ4n) is 3.92. The van der Waals surface area contributed by atoms with E-state index in [1.807, 2.05) is 23.6 Å². The second kappa shape index (κ2) is 8.39. The van der Waals surface area contributed by atoms with Crippen LogP contribution in [-0.4, -0.2) is 9.97 Å². The minimum atomic E-state index is -0.110. The molecule has 152 valence electrons. The highest BCUT2D eigenvalue weighted by atomic mass is 35.5. The lowest BCUT2D eigenvalue weighted by molar-refractivity contribution is 0.686. The molecule has 0 fully saturated rings. The van der Waals surface area contributed by atoms with Crippen LogP contribution in [0.3, 0.4) is 0 Å². The van der Waals surface area contributed by atoms with E-state index in [0.717, 1.165) is 34.4 Å². The molecule has 0 radical (unpaired) electrons. The number of aromatic amines is 1. The largest absolute Gasteiger partial charge is 0.301 e. The molecular weight excluding hydrogens is 455 g/mol. The maximum absolute atomic E-state index is 12.9. The fraction of sp³-hybridized carbons (Fsp3) is 0.217. The highest BCUT2D eigenvalue weighted by molar-refractivity contribution is 7.98. The van der Waals surface area contributed by atoms with Crippen LogP contribution in [0.4, 0.5) is 0 Å². The SMILES string of the molecule is O=c1[nH]c(SCc2c(Cl)cccc2Cl)nc2scc(-c3ccc4c(c3)CCCC4)c12. The predicted octanol–water partition coefficient (Wildman–Crippen LogP) is 7.13. The van der Waals surface area contributed by atoms with Crippen molar-refractivity contribution in [2.45, 2.75) is 36.6 Å². The van der Waals surface area contributed by atoms with Crippen molar-refractivity contribution >= 4 is 56.5 Å². The molecular formula is C23H18Cl2N2OS2. The van der Waals surface area contributed by atoms with Gasteiger partial charge >= 0.3 is 0 Å². The summed E-state index contributed by atoms with van der Waals surface area (Å²) in [5, 5.41) is 4.50. The molecule has 0 amide bonds. The first kappa shape index (κ1) is 20.1. The molecule has 7 heteroatoms. The van der Waals surface area contributed by atoms with Crippen molar-refractivity contribution in [2.75, 3.05) is 0 Å². The second-order valence-electron chi connectivity index (χ2n) is 7.38. The third-order valence-corrected chi connectivity index (χ3v) is 7.98. The number of nitrogens with one attached hydrogen (secondary N) is 1. The Morgan fingerprint density at radius 1 is 1.07 bits per heavy atom. The zero-order chi connectivity index (χ0) is 20.7. The van der Waals surface area contributed by atoms with Gasteiger partial charge in [-0.15, -0.1) is 11.3 Å². The third-order valence-electron chi connectivity index (χ3n) is 5.50. The Hall–Kier alpha value is -1.79. The van der Waals surface area contributed by atoms with Crippen molar-refractivity contribution in [3.05, 3.63) is 78.9 Å². The zero-order valence-electron chi connectivity index (χ0n) is 16.0. The van der Waals surface area contributed by atoms with Gasteiger partial charge in [-0.2, -0.15) is 0 Å². The number of aryl methyl sites for hydroxylation is 2. The van der Waals surface area contributed by atoms with Gasteiger partial charge in [-0.25, -0.2) is 4.98 Å². The van der Waals surface area contributed by atoms with E-state index < -0.39 is 0 Å². The Labute approximate surface area is 192 Å². The number of H-pyrrole nitrogens is 1. The Morgan fingerprint density at radius 3 is 2.63 bits per heavy atom. The number of aromatic nitrogens is 2. The number of halogens is 2. The molecule has 0 spiro atoms. The highest BCUT2D eigenvalue weighted by Crippen LogP contribution is 2.35. The van der Waals surface area contributed by atoms with E-state index in [4.69, 9.17) is 23.2 Å². The van der Waals surface area contributed by atoms with E-state index in [1.54, 1.807) is 0 Å². The average molecular weight is 473 g/mol. The number of nitrogens with zero attached hydrogens (tertiary/aromatic N) is 1. The Morgan fingerprint density at radius 2 is 1.83 bits per heavy atom. The van der Waals surface area contributed by atoms with Gasteiger partial charge < -0.3 is 4.98 Å². The monoisotopic (exact) mass is 472 g/mol. The fourth-order valence-corrected chi connectivity index (χ4v) is 6.53. The molecule has 0 atom stereocenters. The second-order valence-corrected chi connectivity index (χ2v) is 10.0. The molecule has 0 bridgehead atoms. The number of thiophene rings is 1. The van der Waals surface area contributed by atoms with Crippen LogP contribution in [0.25, 0.3) is 21.3 Å². The van der Waals surface area contributed by atoms with Crippen LogP contribution >= 0.6 is 46.3 Å². The first-order chi connectivity index (χ1) is 14.6. The quantitative estimate of drug-likeness (QED) is 0.253. The topological polar surface area (TPSA) is 45.8 Å². The molecule has 4 aromatic rings. The maximum atomic E-state index is 12.9. The summed E-state index contributed by atoms with van der Waals surface area (Å²) in [6.45, 7) is 0. The lowest BCUT2D eigenvalue weighted by Gasteiger charge is -2.16. The summed E-state index contributed by atoms with van der Waals surface area (Å²) in [6, 6.07) is 12.0. The molecule has 1 N–H and O–H groups in total. The normalized spacial score (nSPS) is 13.5. The molecule has 0 aliphatic heterocycles. The van der Waals surface area contributed by atoms with Crippen molar-refractivity contribution in [2.24, 2.45) is 0 Å². The minimum absolute atomic E-state index is 0.110. The number of fused-ring (bicyclic) bond motifs is 2. The summed E-state index contributed by atoms with van der Waals surface area (Å²) in [7, 11) is 0. The van der Waals surface area contributed by atoms with E-state index in [2.05, 4.69) is 28.2 Å². The summed E-state index contributed by atoms with van der Waals surface area (Å²) in [4.78, 5) is 21.3. The summed E-state index contributed by atoms with van der Waals surface area (Å²) in [5.41, 5.74) is 5.64. The zero-order valence-corrected chi connectivity index (χ0v) is 19.1. The van der Waals surface area contributed by atoms with E-state index in [9.17, 15) is 4.79 Å². The van der Waals surface area contributed by atoms with Gasteiger partial charge in [0.1, 0.15) is 4.83 Å². The van der Waals surface area contributed by atoms with Gasteiger partial charge in [-0.05, 0) is 60.1 Å². The van der Waals surface area contributed by atoms with E-state index in [-0.39, 0.29) is 5.56 Å². The van der Waals surface area contributed by atoms with E-state index >= 15 is 0 Å².